The summed E-state index contributed by atoms with van der Waals surface area (Å²) in [5.74, 6) is -0.918. The van der Waals surface area contributed by atoms with Crippen molar-refractivity contribution in [2.75, 3.05) is 13.2 Å². The first-order valence-electron chi connectivity index (χ1n) is 22.0. The Kier molecular flexibility index (Phi) is 39.5. The van der Waals surface area contributed by atoms with Gasteiger partial charge in [0.25, 0.3) is 0 Å². The molecule has 0 N–H and O–H groups in total. The normalized spacial score (nSPS) is 12.3. The molecule has 302 valence electrons. The van der Waals surface area contributed by atoms with E-state index in [0.717, 1.165) is 103 Å². The van der Waals surface area contributed by atoms with Gasteiger partial charge in [0.15, 0.2) is 6.10 Å². The second-order valence-electron chi connectivity index (χ2n) is 14.6. The zero-order valence-corrected chi connectivity index (χ0v) is 34.3. The number of unbranched alkanes of at least 4 members (excludes halogenated alkanes) is 22. The molecule has 0 spiro atoms. The molecule has 1 unspecified atom stereocenters. The second-order valence-corrected chi connectivity index (χ2v) is 14.6. The highest BCUT2D eigenvalue weighted by molar-refractivity contribution is 5.71. The standard InChI is InChI=1S/C46H82O6/c1-4-7-10-13-15-17-19-21-22-23-25-26-28-30-33-36-39-45(48)51-42-43(41-50-44(47)38-35-32-12-9-6-3)52-46(49)40-37-34-31-29-27-24-20-18-16-14-11-8-5-2/h11,14,18,20,22-23,43H,4-10,12-13,15-17,19,21,24-42H2,1-3H3/b14-11-,20-18-,23-22-. The van der Waals surface area contributed by atoms with Crippen LogP contribution in [0.2, 0.25) is 0 Å². The van der Waals surface area contributed by atoms with Crippen molar-refractivity contribution in [1.82, 2.24) is 0 Å². The van der Waals surface area contributed by atoms with E-state index in [4.69, 9.17) is 14.2 Å². The molecule has 0 rings (SSSR count). The highest BCUT2D eigenvalue weighted by Gasteiger charge is 2.19. The molecule has 1 atom stereocenters. The topological polar surface area (TPSA) is 78.9 Å². The largest absolute Gasteiger partial charge is 0.462 e. The molecular weight excluding hydrogens is 648 g/mol. The van der Waals surface area contributed by atoms with Crippen molar-refractivity contribution in [3.8, 4) is 0 Å². The molecule has 0 aliphatic carbocycles. The van der Waals surface area contributed by atoms with Crippen molar-refractivity contribution in [3.63, 3.8) is 0 Å². The molecule has 0 saturated carbocycles. The molecule has 0 heterocycles. The highest BCUT2D eigenvalue weighted by atomic mass is 16.6. The van der Waals surface area contributed by atoms with Gasteiger partial charge < -0.3 is 14.2 Å². The lowest BCUT2D eigenvalue weighted by atomic mass is 10.1. The molecule has 0 fully saturated rings. The maximum absolute atomic E-state index is 12.6. The maximum atomic E-state index is 12.6. The van der Waals surface area contributed by atoms with Gasteiger partial charge in [-0.15, -0.1) is 0 Å². The summed E-state index contributed by atoms with van der Waals surface area (Å²) in [4.78, 5) is 37.4. The van der Waals surface area contributed by atoms with Crippen LogP contribution in [0.1, 0.15) is 220 Å². The van der Waals surface area contributed by atoms with Gasteiger partial charge in [0, 0.05) is 19.3 Å². The Labute approximate surface area is 321 Å². The van der Waals surface area contributed by atoms with Gasteiger partial charge in [0.2, 0.25) is 0 Å². The molecule has 0 bridgehead atoms. The van der Waals surface area contributed by atoms with E-state index in [2.05, 4.69) is 57.2 Å². The van der Waals surface area contributed by atoms with Gasteiger partial charge in [-0.3, -0.25) is 14.4 Å². The summed E-state index contributed by atoms with van der Waals surface area (Å²) >= 11 is 0. The Balaban J connectivity index is 4.25. The molecule has 6 nitrogen and oxygen atoms in total. The Bertz CT molecular complexity index is 891. The molecule has 0 aromatic rings. The van der Waals surface area contributed by atoms with Crippen LogP contribution in [-0.2, 0) is 28.6 Å². The van der Waals surface area contributed by atoms with Crippen molar-refractivity contribution in [3.05, 3.63) is 36.5 Å². The lowest BCUT2D eigenvalue weighted by Crippen LogP contribution is -2.30. The molecule has 0 amide bonds. The molecule has 0 aliphatic heterocycles. The SMILES string of the molecule is CCC/C=C\C/C=C\CCCCCCCC(=O)OC(COC(=O)CCCCCCC)COC(=O)CCCCCCC/C=C\CCCCCCCCC. The predicted molar refractivity (Wildman–Crippen MR) is 219 cm³/mol. The van der Waals surface area contributed by atoms with Crippen LogP contribution in [0.25, 0.3) is 0 Å². The Morgan fingerprint density at radius 3 is 1.15 bits per heavy atom. The van der Waals surface area contributed by atoms with Crippen molar-refractivity contribution in [2.45, 2.75) is 226 Å². The smallest absolute Gasteiger partial charge is 0.306 e. The van der Waals surface area contributed by atoms with Crippen LogP contribution < -0.4 is 0 Å². The summed E-state index contributed by atoms with van der Waals surface area (Å²) in [6.07, 6.45) is 45.8. The first-order valence-corrected chi connectivity index (χ1v) is 22.0. The first kappa shape index (κ1) is 49.6. The molecule has 0 aliphatic rings. The van der Waals surface area contributed by atoms with Crippen molar-refractivity contribution >= 4 is 17.9 Å². The zero-order chi connectivity index (χ0) is 38.0. The van der Waals surface area contributed by atoms with Crippen molar-refractivity contribution in [2.24, 2.45) is 0 Å². The number of carbonyl (C=O) groups is 3. The monoisotopic (exact) mass is 731 g/mol. The van der Waals surface area contributed by atoms with E-state index in [0.29, 0.717) is 19.3 Å². The van der Waals surface area contributed by atoms with Crippen LogP contribution >= 0.6 is 0 Å². The van der Waals surface area contributed by atoms with Gasteiger partial charge >= 0.3 is 17.9 Å². The van der Waals surface area contributed by atoms with Crippen LogP contribution in [-0.4, -0.2) is 37.2 Å². The van der Waals surface area contributed by atoms with Crippen LogP contribution in [0.4, 0.5) is 0 Å². The number of esters is 3. The molecule has 6 heteroatoms. The number of allylic oxidation sites excluding steroid dienone is 6. The lowest BCUT2D eigenvalue weighted by Gasteiger charge is -2.18. The molecule has 0 saturated heterocycles. The predicted octanol–water partition coefficient (Wildman–Crippen LogP) is 13.8. The summed E-state index contributed by atoms with van der Waals surface area (Å²) in [6.45, 7) is 6.46. The number of rotatable bonds is 39. The van der Waals surface area contributed by atoms with Crippen molar-refractivity contribution in [1.29, 1.82) is 0 Å². The van der Waals surface area contributed by atoms with E-state index < -0.39 is 6.10 Å². The summed E-state index contributed by atoms with van der Waals surface area (Å²) in [5.41, 5.74) is 0. The highest BCUT2D eigenvalue weighted by Crippen LogP contribution is 2.13. The molecular formula is C46H82O6. The van der Waals surface area contributed by atoms with E-state index in [1.54, 1.807) is 0 Å². The van der Waals surface area contributed by atoms with Crippen LogP contribution in [0, 0.1) is 0 Å². The summed E-state index contributed by atoms with van der Waals surface area (Å²) in [5, 5.41) is 0. The van der Waals surface area contributed by atoms with Gasteiger partial charge in [0.05, 0.1) is 0 Å². The summed E-state index contributed by atoms with van der Waals surface area (Å²) in [6, 6.07) is 0. The number of hydrogen-bond donors (Lipinski definition) is 0. The third-order valence-corrected chi connectivity index (χ3v) is 9.35. The van der Waals surface area contributed by atoms with E-state index in [1.165, 1.54) is 77.0 Å². The second kappa shape index (κ2) is 41.4. The lowest BCUT2D eigenvalue weighted by molar-refractivity contribution is -0.167. The fraction of sp³-hybridized carbons (Fsp3) is 0.804. The van der Waals surface area contributed by atoms with E-state index in [-0.39, 0.29) is 31.1 Å². The quantitative estimate of drug-likeness (QED) is 0.0271. The average molecular weight is 731 g/mol. The number of hydrogen-bond acceptors (Lipinski definition) is 6. The van der Waals surface area contributed by atoms with Gasteiger partial charge in [-0.2, -0.15) is 0 Å². The molecule has 0 radical (unpaired) electrons. The third kappa shape index (κ3) is 38.9. The van der Waals surface area contributed by atoms with Gasteiger partial charge in [-0.25, -0.2) is 0 Å². The average Bonchev–Trinajstić information content (AvgIpc) is 3.14. The van der Waals surface area contributed by atoms with Crippen LogP contribution in [0.5, 0.6) is 0 Å². The molecule has 52 heavy (non-hydrogen) atoms. The minimum absolute atomic E-state index is 0.0811. The van der Waals surface area contributed by atoms with Crippen molar-refractivity contribution < 1.29 is 28.6 Å². The van der Waals surface area contributed by atoms with Crippen LogP contribution in [0.3, 0.4) is 0 Å². The van der Waals surface area contributed by atoms with Gasteiger partial charge in [0.1, 0.15) is 13.2 Å². The Hall–Kier alpha value is -2.37. The number of ether oxygens (including phenoxy) is 3. The number of carbonyl (C=O) groups excluding carboxylic acids is 3. The van der Waals surface area contributed by atoms with Crippen LogP contribution in [0.15, 0.2) is 36.5 Å². The molecule has 0 aromatic heterocycles. The summed E-state index contributed by atoms with van der Waals surface area (Å²) in [7, 11) is 0. The van der Waals surface area contributed by atoms with E-state index >= 15 is 0 Å². The molecule has 0 aromatic carbocycles. The zero-order valence-electron chi connectivity index (χ0n) is 34.3. The Morgan fingerprint density at radius 2 is 0.731 bits per heavy atom. The fourth-order valence-electron chi connectivity index (χ4n) is 6.00. The summed E-state index contributed by atoms with van der Waals surface area (Å²) < 4.78 is 16.6. The minimum Gasteiger partial charge on any atom is -0.462 e. The maximum Gasteiger partial charge on any atom is 0.306 e. The van der Waals surface area contributed by atoms with E-state index in [1.807, 2.05) is 0 Å². The Morgan fingerprint density at radius 1 is 0.385 bits per heavy atom. The van der Waals surface area contributed by atoms with Gasteiger partial charge in [-0.1, -0.05) is 166 Å². The van der Waals surface area contributed by atoms with Gasteiger partial charge in [-0.05, 0) is 70.6 Å². The first-order chi connectivity index (χ1) is 25.5. The third-order valence-electron chi connectivity index (χ3n) is 9.35. The fourth-order valence-corrected chi connectivity index (χ4v) is 6.00. The van der Waals surface area contributed by atoms with E-state index in [9.17, 15) is 14.4 Å². The minimum atomic E-state index is -0.775.